The van der Waals surface area contributed by atoms with E-state index in [9.17, 15) is 50.1 Å². The van der Waals surface area contributed by atoms with Crippen LogP contribution < -0.4 is 20.7 Å². The smallest absolute Gasteiger partial charge is 0.251 e. The fourth-order valence-electron chi connectivity index (χ4n) is 6.83. The molecule has 3 rings (SSSR count). The zero-order chi connectivity index (χ0) is 45.1. The van der Waals surface area contributed by atoms with Gasteiger partial charge in [0.05, 0.1) is 32.5 Å². The van der Waals surface area contributed by atoms with Crippen LogP contribution in [-0.2, 0) is 38.0 Å². The Morgan fingerprint density at radius 3 is 2.15 bits per heavy atom. The molecule has 10 N–H and O–H groups in total. The van der Waals surface area contributed by atoms with Crippen LogP contribution in [0.2, 0.25) is 0 Å². The number of ether oxygens (including phenoxy) is 7. The minimum atomic E-state index is -1.77. The zero-order valence-electron chi connectivity index (χ0n) is 35.5. The monoisotopic (exact) mass is 873 g/mol. The maximum Gasteiger partial charge on any atom is 0.251 e. The van der Waals surface area contributed by atoms with E-state index in [0.29, 0.717) is 12.4 Å². The average Bonchev–Trinajstić information content (AvgIpc) is 3.23. The molecule has 20 nitrogen and oxygen atoms in total. The first-order chi connectivity index (χ1) is 29.2. The molecular weight excluding hydrogens is 806 g/mol. The third-order valence-electron chi connectivity index (χ3n) is 10.2. The summed E-state index contributed by atoms with van der Waals surface area (Å²) in [5.41, 5.74) is 0.134. The highest BCUT2D eigenvalue weighted by molar-refractivity contribution is 5.94. The Balaban J connectivity index is 1.76. The second kappa shape index (κ2) is 27.0. The molecule has 348 valence electrons. The molecule has 0 spiro atoms. The highest BCUT2D eigenvalue weighted by atomic mass is 16.7. The number of methoxy groups -OCH3 is 1. The number of carbonyl (C=O) groups is 3. The van der Waals surface area contributed by atoms with Gasteiger partial charge in [-0.25, -0.2) is 0 Å². The number of benzene rings is 1. The minimum Gasteiger partial charge on any atom is -0.494 e. The van der Waals surface area contributed by atoms with E-state index in [1.165, 1.54) is 51.8 Å². The highest BCUT2D eigenvalue weighted by Crippen LogP contribution is 2.31. The summed E-state index contributed by atoms with van der Waals surface area (Å²) in [5.74, 6) is -1.52. The van der Waals surface area contributed by atoms with Crippen LogP contribution in [0, 0.1) is 0 Å². The third kappa shape index (κ3) is 16.1. The summed E-state index contributed by atoms with van der Waals surface area (Å²) >= 11 is 0. The molecule has 2 aliphatic rings. The minimum absolute atomic E-state index is 0.134. The number of amides is 3. The van der Waals surface area contributed by atoms with Crippen LogP contribution in [0.3, 0.4) is 0 Å². The lowest BCUT2D eigenvalue weighted by Crippen LogP contribution is -2.69. The van der Waals surface area contributed by atoms with Crippen LogP contribution in [0.25, 0.3) is 0 Å². The predicted octanol–water partition coefficient (Wildman–Crippen LogP) is -0.913. The summed E-state index contributed by atoms with van der Waals surface area (Å²) in [6.45, 7) is 4.07. The second-order valence-electron chi connectivity index (χ2n) is 15.0. The van der Waals surface area contributed by atoms with Crippen molar-refractivity contribution in [2.45, 2.75) is 159 Å². The Morgan fingerprint density at radius 2 is 1.52 bits per heavy atom. The van der Waals surface area contributed by atoms with Gasteiger partial charge in [0.15, 0.2) is 18.8 Å². The Kier molecular flexibility index (Phi) is 23.0. The Bertz CT molecular complexity index is 1490. The SMILES string of the molecule is CCCCCC/C=C\CCCOc1cccc(C(=O)N[C@H]2C(O)[C@H](O)C(CO)O[C@H]2O[C@H]2C(O)C(NC(C)=O)[C@H](OC(C)C(CO)O[C@@H](OC)C(O)NC(C)=O)O[C@H]2CO)c1. The quantitative estimate of drug-likeness (QED) is 0.0306. The van der Waals surface area contributed by atoms with Crippen LogP contribution in [0.15, 0.2) is 36.4 Å². The van der Waals surface area contributed by atoms with E-state index in [1.807, 2.05) is 0 Å². The van der Waals surface area contributed by atoms with Crippen molar-refractivity contribution in [1.29, 1.82) is 0 Å². The fraction of sp³-hybridized carbons (Fsp3) is 0.732. The van der Waals surface area contributed by atoms with E-state index in [1.54, 1.807) is 12.1 Å². The van der Waals surface area contributed by atoms with Gasteiger partial charge in [-0.15, -0.1) is 0 Å². The number of unbranched alkanes of at least 4 members (excludes halogenated alkanes) is 5. The number of aliphatic hydroxyl groups is 7. The van der Waals surface area contributed by atoms with E-state index in [4.69, 9.17) is 33.2 Å². The molecule has 2 fully saturated rings. The summed E-state index contributed by atoms with van der Waals surface area (Å²) in [7, 11) is 1.19. The normalized spacial score (nSPS) is 28.7. The molecule has 1 aromatic rings. The molecule has 61 heavy (non-hydrogen) atoms. The summed E-state index contributed by atoms with van der Waals surface area (Å²) in [5, 5.41) is 81.8. The van der Waals surface area contributed by atoms with Gasteiger partial charge in [-0.05, 0) is 50.8 Å². The van der Waals surface area contributed by atoms with E-state index < -0.39 is 124 Å². The molecule has 3 amide bonds. The largest absolute Gasteiger partial charge is 0.494 e. The summed E-state index contributed by atoms with van der Waals surface area (Å²) in [6.07, 6.45) is -6.48. The van der Waals surface area contributed by atoms with Gasteiger partial charge in [-0.1, -0.05) is 44.4 Å². The van der Waals surface area contributed by atoms with E-state index >= 15 is 0 Å². The molecule has 0 saturated carbocycles. The van der Waals surface area contributed by atoms with E-state index in [0.717, 1.165) is 33.1 Å². The molecule has 0 radical (unpaired) electrons. The molecule has 2 saturated heterocycles. The molecule has 2 aliphatic heterocycles. The van der Waals surface area contributed by atoms with Gasteiger partial charge in [0.2, 0.25) is 18.1 Å². The van der Waals surface area contributed by atoms with Gasteiger partial charge in [-0.3, -0.25) is 14.4 Å². The van der Waals surface area contributed by atoms with Crippen molar-refractivity contribution in [2.24, 2.45) is 0 Å². The number of hydrogen-bond acceptors (Lipinski definition) is 17. The Labute approximate surface area is 356 Å². The van der Waals surface area contributed by atoms with Crippen molar-refractivity contribution >= 4 is 17.7 Å². The molecule has 1 aromatic carbocycles. The fourth-order valence-corrected chi connectivity index (χ4v) is 6.83. The van der Waals surface area contributed by atoms with Gasteiger partial charge in [0.25, 0.3) is 5.91 Å². The highest BCUT2D eigenvalue weighted by Gasteiger charge is 2.52. The van der Waals surface area contributed by atoms with Crippen LogP contribution >= 0.6 is 0 Å². The molecule has 0 aliphatic carbocycles. The molecule has 0 aromatic heterocycles. The predicted molar refractivity (Wildman–Crippen MR) is 215 cm³/mol. The number of nitrogens with one attached hydrogen (secondary N) is 3. The number of carbonyl (C=O) groups excluding carboxylic acids is 3. The maximum atomic E-state index is 13.6. The first kappa shape index (κ1) is 52.0. The molecule has 2 heterocycles. The molecule has 7 unspecified atom stereocenters. The van der Waals surface area contributed by atoms with Crippen molar-refractivity contribution in [2.75, 3.05) is 33.5 Å². The average molecular weight is 874 g/mol. The Hall–Kier alpha value is -3.35. The summed E-state index contributed by atoms with van der Waals surface area (Å²) < 4.78 is 40.5. The Morgan fingerprint density at radius 1 is 0.852 bits per heavy atom. The van der Waals surface area contributed by atoms with Crippen molar-refractivity contribution in [3.63, 3.8) is 0 Å². The number of aliphatic hydroxyl groups excluding tert-OH is 7. The van der Waals surface area contributed by atoms with Gasteiger partial charge in [0, 0.05) is 26.5 Å². The van der Waals surface area contributed by atoms with Crippen LogP contribution in [-0.4, -0.2) is 173 Å². The lowest BCUT2D eigenvalue weighted by molar-refractivity contribution is -0.340. The van der Waals surface area contributed by atoms with Gasteiger partial charge >= 0.3 is 0 Å². The van der Waals surface area contributed by atoms with Crippen LogP contribution in [0.5, 0.6) is 5.75 Å². The topological polar surface area (TPSA) is 294 Å². The van der Waals surface area contributed by atoms with E-state index in [-0.39, 0.29) is 5.56 Å². The number of rotatable bonds is 26. The van der Waals surface area contributed by atoms with Crippen molar-refractivity contribution < 1.29 is 83.3 Å². The maximum absolute atomic E-state index is 13.6. The lowest BCUT2D eigenvalue weighted by Gasteiger charge is -2.48. The second-order valence-corrected chi connectivity index (χ2v) is 15.0. The third-order valence-corrected chi connectivity index (χ3v) is 10.2. The zero-order valence-corrected chi connectivity index (χ0v) is 35.5. The molecular formula is C41H67N3O17. The van der Waals surface area contributed by atoms with Crippen molar-refractivity contribution in [1.82, 2.24) is 16.0 Å². The lowest BCUT2D eigenvalue weighted by atomic mass is 9.94. The summed E-state index contributed by atoms with van der Waals surface area (Å²) in [4.78, 5) is 37.4. The number of hydrogen-bond donors (Lipinski definition) is 10. The van der Waals surface area contributed by atoms with Gasteiger partial charge in [0.1, 0.15) is 60.6 Å². The number of allylic oxidation sites excluding steroid dienone is 2. The molecule has 0 bridgehead atoms. The standard InChI is InChI=1S/C41H67N3O17/c1-6-7-8-9-10-11-12-13-14-18-56-27-17-15-16-26(19-27)37(53)44-31-34(51)33(50)29(21-46)59-40(31)61-36-30(22-47)60-39(32(35(36)52)42-24(3)48)57-23(2)28(20-45)58-41(55-5)38(54)43-25(4)49/h11-12,15-17,19,23,28-36,38-41,45-47,50-52,54H,6-10,13-14,18,20-22H2,1-5H3,(H,42,48)(H,43,49)(H,44,53)/b12-11-/t23?,28?,29?,30-,31-,32?,33+,34?,35?,36+,38?,39+,40-,41+/m0/s1. The molecule has 14 atom stereocenters. The first-order valence-electron chi connectivity index (χ1n) is 20.8. The van der Waals surface area contributed by atoms with Crippen molar-refractivity contribution in [3.8, 4) is 5.75 Å². The van der Waals surface area contributed by atoms with Crippen molar-refractivity contribution in [3.05, 3.63) is 42.0 Å². The molecule has 20 heteroatoms. The summed E-state index contributed by atoms with van der Waals surface area (Å²) in [6, 6.07) is 3.37. The van der Waals surface area contributed by atoms with Gasteiger partial charge in [-0.2, -0.15) is 0 Å². The van der Waals surface area contributed by atoms with Crippen LogP contribution in [0.1, 0.15) is 83.0 Å². The van der Waals surface area contributed by atoms with E-state index in [2.05, 4.69) is 35.0 Å². The first-order valence-corrected chi connectivity index (χ1v) is 20.8. The van der Waals surface area contributed by atoms with Gasteiger partial charge < -0.3 is 84.9 Å². The van der Waals surface area contributed by atoms with Crippen LogP contribution in [0.4, 0.5) is 0 Å².